The van der Waals surface area contributed by atoms with E-state index in [2.05, 4.69) is 4.98 Å². The number of aromatic carboxylic acids is 1. The number of rotatable bonds is 2. The van der Waals surface area contributed by atoms with E-state index in [9.17, 15) is 20.0 Å². The van der Waals surface area contributed by atoms with E-state index >= 15 is 0 Å². The van der Waals surface area contributed by atoms with Crippen molar-refractivity contribution >= 4 is 22.6 Å². The van der Waals surface area contributed by atoms with Gasteiger partial charge in [-0.1, -0.05) is 0 Å². The molecule has 1 heterocycles. The van der Waals surface area contributed by atoms with Crippen LogP contribution in [0.1, 0.15) is 21.6 Å². The Morgan fingerprint density at radius 2 is 2.06 bits per heavy atom. The Morgan fingerprint density at radius 1 is 1.39 bits per heavy atom. The molecular formula is C12H10N2O4. The van der Waals surface area contributed by atoms with Gasteiger partial charge in [-0.05, 0) is 25.5 Å². The van der Waals surface area contributed by atoms with Crippen LogP contribution in [-0.4, -0.2) is 21.0 Å². The molecule has 0 radical (unpaired) electrons. The summed E-state index contributed by atoms with van der Waals surface area (Å²) in [5.74, 6) is -1.11. The molecule has 1 aromatic carbocycles. The number of carboxylic acids is 1. The number of hydrogen-bond acceptors (Lipinski definition) is 4. The van der Waals surface area contributed by atoms with Crippen molar-refractivity contribution in [3.8, 4) is 0 Å². The minimum Gasteiger partial charge on any atom is -0.478 e. The Balaban J connectivity index is 2.91. The van der Waals surface area contributed by atoms with Crippen LogP contribution in [0, 0.1) is 24.0 Å². The molecule has 0 aliphatic heterocycles. The highest BCUT2D eigenvalue weighted by Crippen LogP contribution is 2.26. The molecule has 1 N–H and O–H groups in total. The largest absolute Gasteiger partial charge is 0.478 e. The molecular weight excluding hydrogens is 236 g/mol. The summed E-state index contributed by atoms with van der Waals surface area (Å²) in [6.45, 7) is 3.35. The van der Waals surface area contributed by atoms with Crippen LogP contribution in [0.25, 0.3) is 10.9 Å². The van der Waals surface area contributed by atoms with E-state index in [4.69, 9.17) is 0 Å². The van der Waals surface area contributed by atoms with Gasteiger partial charge < -0.3 is 5.11 Å². The van der Waals surface area contributed by atoms with Gasteiger partial charge in [0.1, 0.15) is 0 Å². The third-order valence-corrected chi connectivity index (χ3v) is 2.88. The zero-order valence-corrected chi connectivity index (χ0v) is 9.80. The number of benzene rings is 1. The fourth-order valence-corrected chi connectivity index (χ4v) is 1.86. The first kappa shape index (κ1) is 12.0. The summed E-state index contributed by atoms with van der Waals surface area (Å²) in [5, 5.41) is 20.2. The molecule has 0 fully saturated rings. The van der Waals surface area contributed by atoms with Crippen LogP contribution in [0.3, 0.4) is 0 Å². The SMILES string of the molecule is Cc1nc2ccc([N+](=O)[O-])cc2c(C(=O)O)c1C. The van der Waals surface area contributed by atoms with Crippen LogP contribution in [0.2, 0.25) is 0 Å². The van der Waals surface area contributed by atoms with E-state index in [1.165, 1.54) is 18.2 Å². The van der Waals surface area contributed by atoms with Gasteiger partial charge in [-0.2, -0.15) is 0 Å². The van der Waals surface area contributed by atoms with Crippen LogP contribution in [0.15, 0.2) is 18.2 Å². The minimum atomic E-state index is -1.11. The number of non-ortho nitro benzene ring substituents is 1. The molecule has 0 saturated carbocycles. The van der Waals surface area contributed by atoms with Crippen LogP contribution >= 0.6 is 0 Å². The summed E-state index contributed by atoms with van der Waals surface area (Å²) < 4.78 is 0. The van der Waals surface area contributed by atoms with Gasteiger partial charge in [0.15, 0.2) is 0 Å². The normalized spacial score (nSPS) is 10.6. The number of hydrogen-bond donors (Lipinski definition) is 1. The van der Waals surface area contributed by atoms with Crippen molar-refractivity contribution in [2.45, 2.75) is 13.8 Å². The lowest BCUT2D eigenvalue weighted by atomic mass is 10.0. The van der Waals surface area contributed by atoms with Crippen LogP contribution in [0.4, 0.5) is 5.69 Å². The van der Waals surface area contributed by atoms with Crippen molar-refractivity contribution < 1.29 is 14.8 Å². The average molecular weight is 246 g/mol. The van der Waals surface area contributed by atoms with Crippen molar-refractivity contribution in [3.63, 3.8) is 0 Å². The average Bonchev–Trinajstić information content (AvgIpc) is 2.29. The van der Waals surface area contributed by atoms with Gasteiger partial charge in [-0.15, -0.1) is 0 Å². The molecule has 0 amide bonds. The number of nitrogens with zero attached hydrogens (tertiary/aromatic N) is 2. The number of fused-ring (bicyclic) bond motifs is 1. The van der Waals surface area contributed by atoms with Crippen LogP contribution in [-0.2, 0) is 0 Å². The van der Waals surface area contributed by atoms with Gasteiger partial charge >= 0.3 is 5.97 Å². The highest BCUT2D eigenvalue weighted by atomic mass is 16.6. The molecule has 2 rings (SSSR count). The second-order valence-electron chi connectivity index (χ2n) is 3.96. The summed E-state index contributed by atoms with van der Waals surface area (Å²) in [7, 11) is 0. The Kier molecular flexibility index (Phi) is 2.70. The van der Waals surface area contributed by atoms with Crippen molar-refractivity contribution in [2.24, 2.45) is 0 Å². The van der Waals surface area contributed by atoms with Crippen molar-refractivity contribution in [1.82, 2.24) is 4.98 Å². The van der Waals surface area contributed by atoms with Crippen molar-refractivity contribution in [1.29, 1.82) is 0 Å². The smallest absolute Gasteiger partial charge is 0.336 e. The van der Waals surface area contributed by atoms with E-state index in [-0.39, 0.29) is 11.3 Å². The summed E-state index contributed by atoms with van der Waals surface area (Å²) in [4.78, 5) is 25.7. The Hall–Kier alpha value is -2.50. The Bertz CT molecular complexity index is 679. The van der Waals surface area contributed by atoms with Gasteiger partial charge in [0, 0.05) is 23.2 Å². The van der Waals surface area contributed by atoms with Crippen LogP contribution in [0.5, 0.6) is 0 Å². The van der Waals surface area contributed by atoms with Crippen molar-refractivity contribution in [3.05, 3.63) is 45.1 Å². The number of nitro groups is 1. The maximum Gasteiger partial charge on any atom is 0.336 e. The number of aromatic nitrogens is 1. The third kappa shape index (κ3) is 1.77. The van der Waals surface area contributed by atoms with E-state index in [0.717, 1.165) is 0 Å². The van der Waals surface area contributed by atoms with Crippen molar-refractivity contribution in [2.75, 3.05) is 0 Å². The van der Waals surface area contributed by atoms with Crippen LogP contribution < -0.4 is 0 Å². The summed E-state index contributed by atoms with van der Waals surface area (Å²) in [5.41, 5.74) is 1.50. The summed E-state index contributed by atoms with van der Waals surface area (Å²) >= 11 is 0. The number of aryl methyl sites for hydroxylation is 1. The molecule has 1 aromatic heterocycles. The maximum absolute atomic E-state index is 11.3. The molecule has 92 valence electrons. The lowest BCUT2D eigenvalue weighted by molar-refractivity contribution is -0.384. The predicted molar refractivity (Wildman–Crippen MR) is 64.8 cm³/mol. The second kappa shape index (κ2) is 4.06. The Morgan fingerprint density at radius 3 is 2.61 bits per heavy atom. The fraction of sp³-hybridized carbons (Fsp3) is 0.167. The number of carboxylic acid groups (broad SMARTS) is 1. The first-order valence-corrected chi connectivity index (χ1v) is 5.20. The standard InChI is InChI=1S/C12H10N2O4/c1-6-7(2)13-10-4-3-8(14(17)18)5-9(10)11(6)12(15)16/h3-5H,1-2H3,(H,15,16). The molecule has 0 saturated heterocycles. The quantitative estimate of drug-likeness (QED) is 0.648. The minimum absolute atomic E-state index is 0.0706. The molecule has 0 bridgehead atoms. The number of pyridine rings is 1. The van der Waals surface area contributed by atoms with Gasteiger partial charge in [-0.3, -0.25) is 15.1 Å². The predicted octanol–water partition coefficient (Wildman–Crippen LogP) is 2.46. The highest BCUT2D eigenvalue weighted by Gasteiger charge is 2.18. The zero-order chi connectivity index (χ0) is 13.4. The first-order valence-electron chi connectivity index (χ1n) is 5.20. The molecule has 0 atom stereocenters. The molecule has 18 heavy (non-hydrogen) atoms. The van der Waals surface area contributed by atoms with Gasteiger partial charge in [0.05, 0.1) is 16.0 Å². The highest BCUT2D eigenvalue weighted by molar-refractivity contribution is 6.04. The zero-order valence-electron chi connectivity index (χ0n) is 9.80. The maximum atomic E-state index is 11.3. The fourth-order valence-electron chi connectivity index (χ4n) is 1.86. The molecule has 6 nitrogen and oxygen atoms in total. The molecule has 0 unspecified atom stereocenters. The molecule has 6 heteroatoms. The van der Waals surface area contributed by atoms with E-state index in [1.807, 2.05) is 0 Å². The van der Waals surface area contributed by atoms with E-state index < -0.39 is 10.9 Å². The topological polar surface area (TPSA) is 93.3 Å². The number of nitro benzene ring substituents is 1. The number of carbonyl (C=O) groups is 1. The first-order chi connectivity index (χ1) is 8.41. The third-order valence-electron chi connectivity index (χ3n) is 2.88. The Labute approximate surface area is 102 Å². The second-order valence-corrected chi connectivity index (χ2v) is 3.96. The van der Waals surface area contributed by atoms with Gasteiger partial charge in [0.25, 0.3) is 5.69 Å². The summed E-state index contributed by atoms with van der Waals surface area (Å²) in [6.07, 6.45) is 0. The molecule has 0 aliphatic rings. The molecule has 2 aromatic rings. The lowest BCUT2D eigenvalue weighted by Crippen LogP contribution is -2.05. The molecule has 0 aliphatic carbocycles. The summed E-state index contributed by atoms with van der Waals surface area (Å²) in [6, 6.07) is 4.03. The monoisotopic (exact) mass is 246 g/mol. The lowest BCUT2D eigenvalue weighted by Gasteiger charge is -2.08. The molecule has 0 spiro atoms. The van der Waals surface area contributed by atoms with E-state index in [1.54, 1.807) is 13.8 Å². The van der Waals surface area contributed by atoms with Gasteiger partial charge in [-0.25, -0.2) is 4.79 Å². The van der Waals surface area contributed by atoms with Gasteiger partial charge in [0.2, 0.25) is 0 Å². The van der Waals surface area contributed by atoms with E-state index in [0.29, 0.717) is 22.2 Å².